The van der Waals surface area contributed by atoms with E-state index in [1.807, 2.05) is 12.1 Å². The lowest BCUT2D eigenvalue weighted by atomic mass is 10.3. The lowest BCUT2D eigenvalue weighted by Crippen LogP contribution is -2.51. The van der Waals surface area contributed by atoms with Crippen LogP contribution in [0, 0.1) is 0 Å². The normalized spacial score (nSPS) is 14.5. The molecule has 2 heterocycles. The summed E-state index contributed by atoms with van der Waals surface area (Å²) in [5.74, 6) is 0.757. The molecule has 0 bridgehead atoms. The molecule has 2 amide bonds. The summed E-state index contributed by atoms with van der Waals surface area (Å²) in [4.78, 5) is 27.8. The summed E-state index contributed by atoms with van der Waals surface area (Å²) in [5, 5.41) is 0. The number of rotatable bonds is 4. The van der Waals surface area contributed by atoms with Crippen molar-refractivity contribution in [3.05, 3.63) is 52.9 Å². The molecule has 2 aromatic rings. The lowest BCUT2D eigenvalue weighted by molar-refractivity contribution is -0.134. The van der Waals surface area contributed by atoms with Gasteiger partial charge in [0, 0.05) is 30.7 Å². The Bertz CT molecular complexity index is 692. The molecule has 1 fully saturated rings. The van der Waals surface area contributed by atoms with E-state index >= 15 is 0 Å². The number of halogens is 1. The molecule has 1 aliphatic rings. The van der Waals surface area contributed by atoms with Crippen LogP contribution in [-0.4, -0.2) is 54.4 Å². The third-order valence-corrected chi connectivity index (χ3v) is 4.36. The third-order valence-electron chi connectivity index (χ3n) is 3.83. The number of ether oxygens (including phenoxy) is 1. The Labute approximate surface area is 148 Å². The number of furan rings is 1. The van der Waals surface area contributed by atoms with Crippen LogP contribution in [-0.2, 0) is 4.79 Å². The molecule has 1 aromatic carbocycles. The molecular weight excluding hydrogens is 376 g/mol. The predicted molar refractivity (Wildman–Crippen MR) is 90.8 cm³/mol. The highest BCUT2D eigenvalue weighted by Gasteiger charge is 2.26. The largest absolute Gasteiger partial charge is 0.484 e. The van der Waals surface area contributed by atoms with Crippen molar-refractivity contribution in [1.29, 1.82) is 0 Å². The molecular formula is C17H17BrN2O4. The summed E-state index contributed by atoms with van der Waals surface area (Å²) in [5.41, 5.74) is 0. The second-order valence-electron chi connectivity index (χ2n) is 5.39. The van der Waals surface area contributed by atoms with Crippen molar-refractivity contribution in [2.45, 2.75) is 0 Å². The minimum absolute atomic E-state index is 0.00619. The molecule has 0 spiro atoms. The van der Waals surface area contributed by atoms with Crippen molar-refractivity contribution >= 4 is 27.7 Å². The van der Waals surface area contributed by atoms with Gasteiger partial charge in [0.15, 0.2) is 12.4 Å². The first kappa shape index (κ1) is 16.6. The van der Waals surface area contributed by atoms with Crippen LogP contribution in [0.4, 0.5) is 0 Å². The molecule has 0 radical (unpaired) electrons. The summed E-state index contributed by atoms with van der Waals surface area (Å²) in [6, 6.07) is 10.7. The maximum atomic E-state index is 12.2. The van der Waals surface area contributed by atoms with Crippen molar-refractivity contribution in [3.63, 3.8) is 0 Å². The average Bonchev–Trinajstić information content (AvgIpc) is 3.15. The average molecular weight is 393 g/mol. The van der Waals surface area contributed by atoms with Crippen LogP contribution in [0.25, 0.3) is 0 Å². The number of carbonyl (C=O) groups is 2. The summed E-state index contributed by atoms with van der Waals surface area (Å²) in [6.07, 6.45) is 1.48. The zero-order chi connectivity index (χ0) is 16.9. The molecule has 0 atom stereocenters. The Kier molecular flexibility index (Phi) is 5.20. The number of benzene rings is 1. The number of piperazine rings is 1. The molecule has 6 nitrogen and oxygen atoms in total. The van der Waals surface area contributed by atoms with E-state index in [4.69, 9.17) is 9.15 Å². The van der Waals surface area contributed by atoms with E-state index in [1.54, 1.807) is 34.1 Å². The highest BCUT2D eigenvalue weighted by Crippen LogP contribution is 2.16. The van der Waals surface area contributed by atoms with Crippen LogP contribution >= 0.6 is 15.9 Å². The topological polar surface area (TPSA) is 63.0 Å². The number of carbonyl (C=O) groups excluding carboxylic acids is 2. The van der Waals surface area contributed by atoms with Gasteiger partial charge in [0.2, 0.25) is 0 Å². The van der Waals surface area contributed by atoms with Crippen LogP contribution in [0.3, 0.4) is 0 Å². The van der Waals surface area contributed by atoms with Crippen molar-refractivity contribution in [2.24, 2.45) is 0 Å². The maximum Gasteiger partial charge on any atom is 0.289 e. The molecule has 3 rings (SSSR count). The van der Waals surface area contributed by atoms with E-state index in [-0.39, 0.29) is 18.4 Å². The fraction of sp³-hybridized carbons (Fsp3) is 0.294. The van der Waals surface area contributed by atoms with Gasteiger partial charge in [-0.3, -0.25) is 9.59 Å². The first-order valence-corrected chi connectivity index (χ1v) is 8.42. The molecule has 1 saturated heterocycles. The van der Waals surface area contributed by atoms with Gasteiger partial charge in [-0.05, 0) is 36.4 Å². The summed E-state index contributed by atoms with van der Waals surface area (Å²) in [6.45, 7) is 1.96. The summed E-state index contributed by atoms with van der Waals surface area (Å²) < 4.78 is 11.6. The first-order valence-electron chi connectivity index (χ1n) is 7.62. The van der Waals surface area contributed by atoms with Gasteiger partial charge in [-0.25, -0.2) is 0 Å². The fourth-order valence-corrected chi connectivity index (χ4v) is 2.75. The van der Waals surface area contributed by atoms with Gasteiger partial charge >= 0.3 is 0 Å². The van der Waals surface area contributed by atoms with Crippen LogP contribution in [0.15, 0.2) is 51.6 Å². The number of hydrogen-bond donors (Lipinski definition) is 0. The molecule has 0 N–H and O–H groups in total. The zero-order valence-electron chi connectivity index (χ0n) is 13.0. The van der Waals surface area contributed by atoms with Crippen LogP contribution in [0.1, 0.15) is 10.6 Å². The smallest absolute Gasteiger partial charge is 0.289 e. The Balaban J connectivity index is 1.46. The van der Waals surface area contributed by atoms with Crippen molar-refractivity contribution < 1.29 is 18.7 Å². The van der Waals surface area contributed by atoms with E-state index in [0.717, 1.165) is 4.47 Å². The number of nitrogens with zero attached hydrogens (tertiary/aromatic N) is 2. The number of amides is 2. The van der Waals surface area contributed by atoms with Gasteiger partial charge in [0.1, 0.15) is 5.75 Å². The molecule has 7 heteroatoms. The van der Waals surface area contributed by atoms with E-state index in [9.17, 15) is 9.59 Å². The Hall–Kier alpha value is -2.28. The first-order chi connectivity index (χ1) is 11.6. The summed E-state index contributed by atoms with van der Waals surface area (Å²) >= 11 is 3.35. The molecule has 126 valence electrons. The van der Waals surface area contributed by atoms with E-state index < -0.39 is 0 Å². The molecule has 0 aliphatic carbocycles. The highest BCUT2D eigenvalue weighted by atomic mass is 79.9. The van der Waals surface area contributed by atoms with Gasteiger partial charge < -0.3 is 19.0 Å². The molecule has 0 unspecified atom stereocenters. The minimum atomic E-state index is -0.141. The van der Waals surface area contributed by atoms with E-state index in [0.29, 0.717) is 37.7 Å². The highest BCUT2D eigenvalue weighted by molar-refractivity contribution is 9.10. The van der Waals surface area contributed by atoms with Crippen LogP contribution < -0.4 is 4.74 Å². The zero-order valence-corrected chi connectivity index (χ0v) is 14.6. The van der Waals surface area contributed by atoms with Gasteiger partial charge in [-0.1, -0.05) is 15.9 Å². The van der Waals surface area contributed by atoms with Gasteiger partial charge in [0.25, 0.3) is 11.8 Å². The van der Waals surface area contributed by atoms with Gasteiger partial charge in [-0.2, -0.15) is 0 Å². The quantitative estimate of drug-likeness (QED) is 0.801. The summed E-state index contributed by atoms with van der Waals surface area (Å²) in [7, 11) is 0. The molecule has 1 aromatic heterocycles. The predicted octanol–water partition coefficient (Wildman–Crippen LogP) is 2.41. The molecule has 24 heavy (non-hydrogen) atoms. The minimum Gasteiger partial charge on any atom is -0.484 e. The second kappa shape index (κ2) is 7.53. The van der Waals surface area contributed by atoms with E-state index in [1.165, 1.54) is 6.26 Å². The SMILES string of the molecule is O=C(COc1ccc(Br)cc1)N1CCN(C(=O)c2ccco2)CC1. The molecule has 0 saturated carbocycles. The Morgan fingerprint density at radius 2 is 1.71 bits per heavy atom. The van der Waals surface area contributed by atoms with Crippen molar-refractivity contribution in [3.8, 4) is 5.75 Å². The van der Waals surface area contributed by atoms with Crippen molar-refractivity contribution in [2.75, 3.05) is 32.8 Å². The Morgan fingerprint density at radius 1 is 1.04 bits per heavy atom. The van der Waals surface area contributed by atoms with Crippen LogP contribution in [0.5, 0.6) is 5.75 Å². The van der Waals surface area contributed by atoms with Gasteiger partial charge in [-0.15, -0.1) is 0 Å². The fourth-order valence-electron chi connectivity index (χ4n) is 2.48. The van der Waals surface area contributed by atoms with Crippen molar-refractivity contribution in [1.82, 2.24) is 9.80 Å². The van der Waals surface area contributed by atoms with E-state index in [2.05, 4.69) is 15.9 Å². The lowest BCUT2D eigenvalue weighted by Gasteiger charge is -2.34. The monoisotopic (exact) mass is 392 g/mol. The van der Waals surface area contributed by atoms with Gasteiger partial charge in [0.05, 0.1) is 6.26 Å². The maximum absolute atomic E-state index is 12.2. The second-order valence-corrected chi connectivity index (χ2v) is 6.31. The third kappa shape index (κ3) is 3.97. The van der Waals surface area contributed by atoms with Crippen LogP contribution in [0.2, 0.25) is 0 Å². The number of hydrogen-bond acceptors (Lipinski definition) is 4. The standard InChI is InChI=1S/C17H17BrN2O4/c18-13-3-5-14(6-4-13)24-12-16(21)19-7-9-20(10-8-19)17(22)15-2-1-11-23-15/h1-6,11H,7-10,12H2. The molecule has 1 aliphatic heterocycles. The Morgan fingerprint density at radius 3 is 2.33 bits per heavy atom.